The Balaban J connectivity index is 1.56. The first-order chi connectivity index (χ1) is 15.3. The Hall–Kier alpha value is -3.64. The largest absolute Gasteiger partial charge is 0.463 e. The third kappa shape index (κ3) is 6.68. The number of hydrogen-bond donors (Lipinski definition) is 0. The fraction of sp³-hybridized carbons (Fsp3) is 0.400. The Morgan fingerprint density at radius 2 is 2.06 bits per heavy atom. The van der Waals surface area contributed by atoms with E-state index in [9.17, 15) is 19.7 Å². The van der Waals surface area contributed by atoms with Crippen molar-refractivity contribution in [3.8, 4) is 0 Å². The number of non-ortho nitro benzene ring substituents is 1. The molecular formula is C20H22N4O8. The second kappa shape index (κ2) is 10.6. The summed E-state index contributed by atoms with van der Waals surface area (Å²) in [6.45, 7) is 2.82. The summed E-state index contributed by atoms with van der Waals surface area (Å²) in [6.07, 6.45) is 2.66. The van der Waals surface area contributed by atoms with Crippen molar-refractivity contribution in [2.45, 2.75) is 45.5 Å². The number of nitrogens with zero attached hydrogens (tertiary/aromatic N) is 4. The maximum atomic E-state index is 11.3. The number of benzene rings is 1. The highest BCUT2D eigenvalue weighted by molar-refractivity contribution is 5.66. The Morgan fingerprint density at radius 3 is 2.78 bits per heavy atom. The summed E-state index contributed by atoms with van der Waals surface area (Å²) < 4.78 is 23.1. The van der Waals surface area contributed by atoms with E-state index in [0.29, 0.717) is 17.8 Å². The van der Waals surface area contributed by atoms with Gasteiger partial charge in [0.05, 0.1) is 24.3 Å². The van der Waals surface area contributed by atoms with Gasteiger partial charge in [-0.3, -0.25) is 19.7 Å². The van der Waals surface area contributed by atoms with Crippen LogP contribution in [0.1, 0.15) is 25.1 Å². The SMILES string of the molecule is CC(=O)OC[C@H]1OC(OCc2cn(Cc3cccc([N+](=O)[O-])c3)nn2)C=C[C@@H]1OC(C)=O. The van der Waals surface area contributed by atoms with Crippen molar-refractivity contribution in [2.24, 2.45) is 0 Å². The molecule has 1 aromatic heterocycles. The van der Waals surface area contributed by atoms with Crippen molar-refractivity contribution in [2.75, 3.05) is 6.61 Å². The molecule has 32 heavy (non-hydrogen) atoms. The first kappa shape index (κ1) is 23.0. The molecule has 1 aromatic carbocycles. The second-order valence-electron chi connectivity index (χ2n) is 6.95. The summed E-state index contributed by atoms with van der Waals surface area (Å²) in [7, 11) is 0. The molecule has 0 radical (unpaired) electrons. The molecule has 2 heterocycles. The van der Waals surface area contributed by atoms with E-state index in [1.807, 2.05) is 0 Å². The lowest BCUT2D eigenvalue weighted by molar-refractivity contribution is -0.384. The van der Waals surface area contributed by atoms with Crippen LogP contribution in [0.3, 0.4) is 0 Å². The van der Waals surface area contributed by atoms with Crippen LogP contribution in [0.4, 0.5) is 5.69 Å². The standard InChI is InChI=1S/C20H22N4O8/c1-13(25)29-12-19-18(31-14(2)26)6-7-20(32-19)30-11-16-10-23(22-21-16)9-15-4-3-5-17(8-15)24(27)28/h3-8,10,18-20H,9,11-12H2,1-2H3/t18-,19+,20?/m0/s1. The first-order valence-electron chi connectivity index (χ1n) is 9.68. The fourth-order valence-electron chi connectivity index (χ4n) is 2.96. The molecule has 0 saturated carbocycles. The van der Waals surface area contributed by atoms with E-state index in [1.165, 1.54) is 30.7 Å². The van der Waals surface area contributed by atoms with E-state index in [2.05, 4.69) is 10.3 Å². The molecule has 0 N–H and O–H groups in total. The van der Waals surface area contributed by atoms with Gasteiger partial charge >= 0.3 is 11.9 Å². The molecule has 1 unspecified atom stereocenters. The van der Waals surface area contributed by atoms with Gasteiger partial charge < -0.3 is 18.9 Å². The van der Waals surface area contributed by atoms with Crippen LogP contribution in [0.25, 0.3) is 0 Å². The van der Waals surface area contributed by atoms with Crippen LogP contribution in [0.15, 0.2) is 42.6 Å². The molecule has 3 rings (SSSR count). The molecule has 3 atom stereocenters. The van der Waals surface area contributed by atoms with Crippen LogP contribution in [0, 0.1) is 10.1 Å². The molecule has 1 aliphatic heterocycles. The van der Waals surface area contributed by atoms with Crippen molar-refractivity contribution in [3.63, 3.8) is 0 Å². The highest BCUT2D eigenvalue weighted by Gasteiger charge is 2.31. The van der Waals surface area contributed by atoms with E-state index in [0.717, 1.165) is 0 Å². The van der Waals surface area contributed by atoms with Crippen molar-refractivity contribution in [3.05, 3.63) is 64.0 Å². The minimum absolute atomic E-state index is 0.00256. The van der Waals surface area contributed by atoms with Gasteiger partial charge in [0.25, 0.3) is 5.69 Å². The van der Waals surface area contributed by atoms with Gasteiger partial charge in [-0.05, 0) is 17.7 Å². The van der Waals surface area contributed by atoms with Gasteiger partial charge in [0.15, 0.2) is 6.29 Å². The Kier molecular flexibility index (Phi) is 7.63. The molecule has 2 aromatic rings. The Morgan fingerprint density at radius 1 is 1.25 bits per heavy atom. The number of nitro groups is 1. The number of hydrogen-bond acceptors (Lipinski definition) is 10. The van der Waals surface area contributed by atoms with Crippen LogP contribution in [-0.4, -0.2) is 57.0 Å². The first-order valence-corrected chi connectivity index (χ1v) is 9.68. The van der Waals surface area contributed by atoms with Gasteiger partial charge in [0, 0.05) is 26.0 Å². The molecule has 1 aliphatic rings. The third-order valence-corrected chi connectivity index (χ3v) is 4.33. The molecule has 0 bridgehead atoms. The third-order valence-electron chi connectivity index (χ3n) is 4.33. The molecule has 0 spiro atoms. The molecule has 0 aliphatic carbocycles. The normalized spacial score (nSPS) is 20.0. The number of nitro benzene ring substituents is 1. The molecule has 0 fully saturated rings. The van der Waals surface area contributed by atoms with Gasteiger partial charge in [-0.25, -0.2) is 4.68 Å². The predicted molar refractivity (Wildman–Crippen MR) is 107 cm³/mol. The summed E-state index contributed by atoms with van der Waals surface area (Å²) in [5.41, 5.74) is 1.23. The monoisotopic (exact) mass is 446 g/mol. The topological polar surface area (TPSA) is 145 Å². The van der Waals surface area contributed by atoms with Gasteiger partial charge in [-0.1, -0.05) is 17.3 Å². The fourth-order valence-corrected chi connectivity index (χ4v) is 2.96. The number of rotatable bonds is 9. The van der Waals surface area contributed by atoms with E-state index in [-0.39, 0.29) is 18.9 Å². The minimum Gasteiger partial charge on any atom is -0.463 e. The molecule has 170 valence electrons. The summed E-state index contributed by atoms with van der Waals surface area (Å²) in [6, 6.07) is 6.26. The molecular weight excluding hydrogens is 424 g/mol. The lowest BCUT2D eigenvalue weighted by Crippen LogP contribution is -2.42. The summed E-state index contributed by atoms with van der Waals surface area (Å²) in [5.74, 6) is -0.974. The van der Waals surface area contributed by atoms with E-state index >= 15 is 0 Å². The Labute approximate surface area is 182 Å². The van der Waals surface area contributed by atoms with E-state index in [4.69, 9.17) is 18.9 Å². The van der Waals surface area contributed by atoms with Crippen LogP contribution in [-0.2, 0) is 41.7 Å². The van der Waals surface area contributed by atoms with Crippen LogP contribution in [0.2, 0.25) is 0 Å². The average molecular weight is 446 g/mol. The van der Waals surface area contributed by atoms with Crippen LogP contribution in [0.5, 0.6) is 0 Å². The van der Waals surface area contributed by atoms with Gasteiger partial charge in [0.2, 0.25) is 0 Å². The lowest BCUT2D eigenvalue weighted by atomic mass is 10.1. The molecule has 0 amide bonds. The van der Waals surface area contributed by atoms with Crippen LogP contribution >= 0.6 is 0 Å². The van der Waals surface area contributed by atoms with Crippen molar-refractivity contribution in [1.82, 2.24) is 15.0 Å². The predicted octanol–water partition coefficient (Wildman–Crippen LogP) is 1.53. The lowest BCUT2D eigenvalue weighted by Gasteiger charge is -2.31. The van der Waals surface area contributed by atoms with Gasteiger partial charge in [0.1, 0.15) is 24.5 Å². The summed E-state index contributed by atoms with van der Waals surface area (Å²) in [4.78, 5) is 32.8. The Bertz CT molecular complexity index is 1000. The highest BCUT2D eigenvalue weighted by atomic mass is 16.7. The highest BCUT2D eigenvalue weighted by Crippen LogP contribution is 2.19. The second-order valence-corrected chi connectivity index (χ2v) is 6.95. The van der Waals surface area contributed by atoms with Gasteiger partial charge in [-0.15, -0.1) is 5.10 Å². The quantitative estimate of drug-likeness (QED) is 0.240. The maximum Gasteiger partial charge on any atom is 0.303 e. The number of aromatic nitrogens is 3. The zero-order valence-electron chi connectivity index (χ0n) is 17.4. The van der Waals surface area contributed by atoms with Crippen molar-refractivity contribution < 1.29 is 33.5 Å². The zero-order chi connectivity index (χ0) is 23.1. The average Bonchev–Trinajstić information content (AvgIpc) is 3.19. The number of esters is 2. The van der Waals surface area contributed by atoms with E-state index in [1.54, 1.807) is 30.5 Å². The number of ether oxygens (including phenoxy) is 4. The zero-order valence-corrected chi connectivity index (χ0v) is 17.4. The van der Waals surface area contributed by atoms with Crippen molar-refractivity contribution >= 4 is 17.6 Å². The number of carbonyl (C=O) groups excluding carboxylic acids is 2. The molecule has 0 saturated heterocycles. The van der Waals surface area contributed by atoms with Gasteiger partial charge in [-0.2, -0.15) is 0 Å². The molecule has 12 heteroatoms. The maximum absolute atomic E-state index is 11.3. The van der Waals surface area contributed by atoms with Crippen molar-refractivity contribution in [1.29, 1.82) is 0 Å². The summed E-state index contributed by atoms with van der Waals surface area (Å²) in [5, 5.41) is 18.9. The van der Waals surface area contributed by atoms with E-state index < -0.39 is 35.4 Å². The number of carbonyl (C=O) groups is 2. The summed E-state index contributed by atoms with van der Waals surface area (Å²) >= 11 is 0. The molecule has 12 nitrogen and oxygen atoms in total. The smallest absolute Gasteiger partial charge is 0.303 e. The van der Waals surface area contributed by atoms with Crippen LogP contribution < -0.4 is 0 Å². The minimum atomic E-state index is -0.774.